The second-order valence-electron chi connectivity index (χ2n) is 3.05. The molecular formula is C11H15Sn+3. The molecule has 1 heteroatoms. The molecule has 1 rings (SSSR count). The van der Waals surface area contributed by atoms with Crippen molar-refractivity contribution in [3.05, 3.63) is 35.9 Å². The van der Waals surface area contributed by atoms with Crippen LogP contribution in [0.15, 0.2) is 30.3 Å². The third-order valence-electron chi connectivity index (χ3n) is 1.99. The van der Waals surface area contributed by atoms with Crippen LogP contribution in [0.3, 0.4) is 0 Å². The summed E-state index contributed by atoms with van der Waals surface area (Å²) in [6, 6.07) is 10.8. The van der Waals surface area contributed by atoms with Crippen molar-refractivity contribution in [3.63, 3.8) is 0 Å². The molecule has 0 unspecified atom stereocenters. The van der Waals surface area contributed by atoms with Crippen LogP contribution in [0.2, 0.25) is 4.44 Å². The summed E-state index contributed by atoms with van der Waals surface area (Å²) < 4.78 is 1.42. The minimum atomic E-state index is 1.26. The molecule has 0 saturated heterocycles. The van der Waals surface area contributed by atoms with Gasteiger partial charge < -0.3 is 0 Å². The van der Waals surface area contributed by atoms with Crippen LogP contribution in [0.5, 0.6) is 0 Å². The summed E-state index contributed by atoms with van der Waals surface area (Å²) in [7, 11) is 0. The molecule has 0 nitrogen and oxygen atoms in total. The standard InChI is InChI=1S/C11H15.Sn/c1-2-3-5-8-11-9-6-4-7-10-11;/h4,6-7,9-10H,1-3,5,8H2;/q;+3. The van der Waals surface area contributed by atoms with E-state index in [0.717, 1.165) is 0 Å². The molecule has 0 aromatic heterocycles. The van der Waals surface area contributed by atoms with Crippen LogP contribution in [0.25, 0.3) is 0 Å². The van der Waals surface area contributed by atoms with E-state index >= 15 is 0 Å². The third kappa shape index (κ3) is 4.15. The van der Waals surface area contributed by atoms with Gasteiger partial charge in [0.1, 0.15) is 0 Å². The van der Waals surface area contributed by atoms with E-state index in [4.69, 9.17) is 0 Å². The molecule has 0 atom stereocenters. The summed E-state index contributed by atoms with van der Waals surface area (Å²) in [5, 5.41) is 0. The summed E-state index contributed by atoms with van der Waals surface area (Å²) in [6.07, 6.45) is 5.44. The number of unbranched alkanes of at least 4 members (excludes halogenated alkanes) is 2. The van der Waals surface area contributed by atoms with Gasteiger partial charge in [0.2, 0.25) is 0 Å². The van der Waals surface area contributed by atoms with Crippen molar-refractivity contribution in [1.29, 1.82) is 0 Å². The molecule has 0 N–H and O–H groups in total. The molecule has 0 radical (unpaired) electrons. The van der Waals surface area contributed by atoms with Crippen molar-refractivity contribution >= 4 is 22.5 Å². The zero-order chi connectivity index (χ0) is 8.65. The number of benzene rings is 1. The third-order valence-corrected chi connectivity index (χ3v) is 2.99. The molecule has 0 saturated carbocycles. The minimum absolute atomic E-state index is 1.26. The van der Waals surface area contributed by atoms with Gasteiger partial charge in [0.25, 0.3) is 0 Å². The molecule has 0 amide bonds. The Kier molecular flexibility index (Phi) is 5.49. The van der Waals surface area contributed by atoms with Gasteiger partial charge in [-0.25, -0.2) is 0 Å². The van der Waals surface area contributed by atoms with Gasteiger partial charge in [0.15, 0.2) is 0 Å². The van der Waals surface area contributed by atoms with Crippen molar-refractivity contribution in [2.24, 2.45) is 0 Å². The van der Waals surface area contributed by atoms with Crippen molar-refractivity contribution < 1.29 is 0 Å². The van der Waals surface area contributed by atoms with Crippen LogP contribution in [0, 0.1) is 0 Å². The van der Waals surface area contributed by atoms with E-state index in [1.807, 2.05) is 0 Å². The Morgan fingerprint density at radius 2 is 1.67 bits per heavy atom. The molecule has 0 heterocycles. The molecule has 0 spiro atoms. The van der Waals surface area contributed by atoms with E-state index in [-0.39, 0.29) is 0 Å². The van der Waals surface area contributed by atoms with Crippen LogP contribution < -0.4 is 0 Å². The predicted molar refractivity (Wildman–Crippen MR) is 54.6 cm³/mol. The second-order valence-corrected chi connectivity index (χ2v) is 4.47. The fourth-order valence-corrected chi connectivity index (χ4v) is 1.99. The Labute approximate surface area is 88.5 Å². The fraction of sp³-hybridized carbons (Fsp3) is 0.455. The Morgan fingerprint density at radius 1 is 0.917 bits per heavy atom. The van der Waals surface area contributed by atoms with Gasteiger partial charge in [-0.1, -0.05) is 0 Å². The summed E-state index contributed by atoms with van der Waals surface area (Å²) in [6.45, 7) is 0. The summed E-state index contributed by atoms with van der Waals surface area (Å²) in [5.41, 5.74) is 1.49. The maximum atomic E-state index is 2.22. The van der Waals surface area contributed by atoms with Crippen molar-refractivity contribution in [1.82, 2.24) is 0 Å². The van der Waals surface area contributed by atoms with E-state index in [1.54, 1.807) is 22.5 Å². The van der Waals surface area contributed by atoms with E-state index < -0.39 is 0 Å². The van der Waals surface area contributed by atoms with Crippen LogP contribution >= 0.6 is 0 Å². The van der Waals surface area contributed by atoms with Gasteiger partial charge in [0.05, 0.1) is 0 Å². The molecule has 1 aromatic rings. The van der Waals surface area contributed by atoms with Crippen LogP contribution in [0.4, 0.5) is 0 Å². The normalized spacial score (nSPS) is 10.2. The fourth-order valence-electron chi connectivity index (χ4n) is 1.28. The first-order chi connectivity index (χ1) is 5.93. The molecule has 0 fully saturated rings. The molecule has 0 aliphatic heterocycles. The van der Waals surface area contributed by atoms with Gasteiger partial charge in [0, 0.05) is 0 Å². The monoisotopic (exact) mass is 267 g/mol. The van der Waals surface area contributed by atoms with Gasteiger partial charge >= 0.3 is 88.5 Å². The topological polar surface area (TPSA) is 0 Å². The number of hydrogen-bond acceptors (Lipinski definition) is 0. The Bertz CT molecular complexity index is 193. The zero-order valence-corrected chi connectivity index (χ0v) is 10.3. The number of hydrogen-bond donors (Lipinski definition) is 0. The maximum absolute atomic E-state index is 2.22. The second kappa shape index (κ2) is 6.53. The quantitative estimate of drug-likeness (QED) is 0.567. The van der Waals surface area contributed by atoms with Crippen molar-refractivity contribution in [3.8, 4) is 0 Å². The van der Waals surface area contributed by atoms with E-state index in [9.17, 15) is 0 Å². The zero-order valence-electron chi connectivity index (χ0n) is 7.42. The average Bonchev–Trinajstić information content (AvgIpc) is 2.14. The first kappa shape index (κ1) is 10.1. The molecule has 0 bridgehead atoms. The van der Waals surface area contributed by atoms with Crippen LogP contribution in [-0.4, -0.2) is 22.5 Å². The number of aryl methyl sites for hydroxylation is 1. The average molecular weight is 266 g/mol. The van der Waals surface area contributed by atoms with Crippen LogP contribution in [0.1, 0.15) is 24.8 Å². The van der Waals surface area contributed by atoms with E-state index in [0.29, 0.717) is 0 Å². The van der Waals surface area contributed by atoms with Crippen LogP contribution in [-0.2, 0) is 6.42 Å². The van der Waals surface area contributed by atoms with Gasteiger partial charge in [-0.3, -0.25) is 0 Å². The summed E-state index contributed by atoms with van der Waals surface area (Å²) in [5.74, 6) is 0. The Morgan fingerprint density at radius 3 is 2.33 bits per heavy atom. The summed E-state index contributed by atoms with van der Waals surface area (Å²) in [4.78, 5) is 0. The summed E-state index contributed by atoms with van der Waals surface area (Å²) >= 11 is 1.68. The molecular weight excluding hydrogens is 251 g/mol. The van der Waals surface area contributed by atoms with Crippen molar-refractivity contribution in [2.75, 3.05) is 0 Å². The van der Waals surface area contributed by atoms with Gasteiger partial charge in [-0.2, -0.15) is 0 Å². The molecule has 1 aromatic carbocycles. The first-order valence-corrected chi connectivity index (χ1v) is 6.64. The number of rotatable bonds is 5. The molecule has 0 aliphatic rings. The molecule has 0 aliphatic carbocycles. The Hall–Kier alpha value is 0.0187. The Balaban J connectivity index is 2.16. The van der Waals surface area contributed by atoms with Crippen molar-refractivity contribution in [2.45, 2.75) is 30.1 Å². The van der Waals surface area contributed by atoms with Gasteiger partial charge in [-0.15, -0.1) is 0 Å². The first-order valence-electron chi connectivity index (χ1n) is 4.62. The van der Waals surface area contributed by atoms with E-state index in [2.05, 4.69) is 30.3 Å². The van der Waals surface area contributed by atoms with Gasteiger partial charge in [-0.05, 0) is 0 Å². The van der Waals surface area contributed by atoms with E-state index in [1.165, 1.54) is 35.7 Å². The predicted octanol–water partition coefficient (Wildman–Crippen LogP) is 2.99. The SMILES string of the molecule is [Sn+3][CH2]CCCCc1ccccc1. The molecule has 12 heavy (non-hydrogen) atoms. The molecule has 60 valence electrons.